The van der Waals surface area contributed by atoms with Crippen molar-refractivity contribution in [2.75, 3.05) is 0 Å². The van der Waals surface area contributed by atoms with Crippen LogP contribution in [0.5, 0.6) is 0 Å². The summed E-state index contributed by atoms with van der Waals surface area (Å²) in [4.78, 5) is 0. The molecule has 0 amide bonds. The van der Waals surface area contributed by atoms with E-state index in [0.717, 1.165) is 10.9 Å². The van der Waals surface area contributed by atoms with Gasteiger partial charge in [0, 0.05) is 0 Å². The highest BCUT2D eigenvalue weighted by molar-refractivity contribution is 5.87. The molecule has 2 aromatic rings. The molecule has 2 rings (SSSR count). The van der Waals surface area contributed by atoms with Crippen LogP contribution in [-0.4, -0.2) is 5.11 Å². The zero-order chi connectivity index (χ0) is 12.6. The summed E-state index contributed by atoms with van der Waals surface area (Å²) >= 11 is 0. The number of hydrogen-bond acceptors (Lipinski definition) is 1. The Morgan fingerprint density at radius 3 is 2.24 bits per heavy atom. The lowest BCUT2D eigenvalue weighted by Gasteiger charge is -2.25. The van der Waals surface area contributed by atoms with Crippen LogP contribution in [0, 0.1) is 0 Å². The molecule has 1 N–H and O–H groups in total. The van der Waals surface area contributed by atoms with Gasteiger partial charge in [0.1, 0.15) is 0 Å². The van der Waals surface area contributed by atoms with E-state index in [4.69, 9.17) is 0 Å². The van der Waals surface area contributed by atoms with Gasteiger partial charge in [-0.05, 0) is 41.7 Å². The Balaban J connectivity index is 2.85. The third-order valence-electron chi connectivity index (χ3n) is 3.20. The minimum Gasteiger partial charge on any atom is -0.386 e. The largest absolute Gasteiger partial charge is 0.386 e. The molecular weight excluding hydrogens is 208 g/mol. The van der Waals surface area contributed by atoms with E-state index in [-0.39, 0.29) is 0 Å². The molecule has 0 aliphatic rings. The molecule has 0 unspecified atom stereocenters. The van der Waals surface area contributed by atoms with Gasteiger partial charge in [0.05, 0.1) is 5.60 Å². The van der Waals surface area contributed by atoms with Crippen LogP contribution in [0.4, 0.5) is 0 Å². The molecule has 0 aliphatic carbocycles. The first-order valence-corrected chi connectivity index (χ1v) is 6.16. The maximum atomic E-state index is 10.4. The van der Waals surface area contributed by atoms with Gasteiger partial charge < -0.3 is 5.11 Å². The number of benzene rings is 2. The molecule has 2 aromatic carbocycles. The zero-order valence-corrected chi connectivity index (χ0v) is 11.0. The van der Waals surface area contributed by atoms with E-state index < -0.39 is 5.60 Å². The molecule has 0 fully saturated rings. The Hall–Kier alpha value is -1.34. The monoisotopic (exact) mass is 228 g/mol. The van der Waals surface area contributed by atoms with Crippen LogP contribution < -0.4 is 0 Å². The first kappa shape index (κ1) is 12.1. The zero-order valence-electron chi connectivity index (χ0n) is 11.0. The number of hydrogen-bond donors (Lipinski definition) is 1. The van der Waals surface area contributed by atoms with Crippen molar-refractivity contribution in [3.63, 3.8) is 0 Å². The SMILES string of the molecule is CC(C)c1ccc2ccccc2c1C(C)(C)O. The van der Waals surface area contributed by atoms with Crippen molar-refractivity contribution in [2.24, 2.45) is 0 Å². The van der Waals surface area contributed by atoms with Crippen LogP contribution >= 0.6 is 0 Å². The van der Waals surface area contributed by atoms with Crippen LogP contribution in [0.1, 0.15) is 44.7 Å². The molecule has 0 bridgehead atoms. The number of fused-ring (bicyclic) bond motifs is 1. The molecule has 0 saturated heterocycles. The van der Waals surface area contributed by atoms with Gasteiger partial charge in [0.15, 0.2) is 0 Å². The van der Waals surface area contributed by atoms with E-state index in [1.807, 2.05) is 26.0 Å². The predicted molar refractivity (Wildman–Crippen MR) is 73.3 cm³/mol. The van der Waals surface area contributed by atoms with Gasteiger partial charge in [-0.3, -0.25) is 0 Å². The molecule has 0 atom stereocenters. The second kappa shape index (κ2) is 4.15. The van der Waals surface area contributed by atoms with Crippen molar-refractivity contribution in [3.8, 4) is 0 Å². The lowest BCUT2D eigenvalue weighted by Crippen LogP contribution is -2.19. The van der Waals surface area contributed by atoms with E-state index in [1.165, 1.54) is 10.9 Å². The fourth-order valence-corrected chi connectivity index (χ4v) is 2.45. The second-order valence-electron chi connectivity index (χ2n) is 5.46. The summed E-state index contributed by atoms with van der Waals surface area (Å²) in [5, 5.41) is 12.8. The normalized spacial score (nSPS) is 12.4. The highest BCUT2D eigenvalue weighted by Crippen LogP contribution is 2.35. The molecule has 90 valence electrons. The maximum Gasteiger partial charge on any atom is 0.0849 e. The van der Waals surface area contributed by atoms with Crippen LogP contribution in [0.3, 0.4) is 0 Å². The molecule has 0 aliphatic heterocycles. The Labute approximate surface area is 103 Å². The summed E-state index contributed by atoms with van der Waals surface area (Å²) in [7, 11) is 0. The highest BCUT2D eigenvalue weighted by Gasteiger charge is 2.23. The van der Waals surface area contributed by atoms with Crippen molar-refractivity contribution < 1.29 is 5.11 Å². The molecule has 0 radical (unpaired) electrons. The predicted octanol–water partition coefficient (Wildman–Crippen LogP) is 4.19. The van der Waals surface area contributed by atoms with Crippen molar-refractivity contribution in [1.29, 1.82) is 0 Å². The van der Waals surface area contributed by atoms with E-state index >= 15 is 0 Å². The van der Waals surface area contributed by atoms with Gasteiger partial charge in [-0.2, -0.15) is 0 Å². The van der Waals surface area contributed by atoms with Gasteiger partial charge >= 0.3 is 0 Å². The first-order valence-electron chi connectivity index (χ1n) is 6.16. The first-order chi connectivity index (χ1) is 7.91. The van der Waals surface area contributed by atoms with Crippen LogP contribution in [0.15, 0.2) is 36.4 Å². The highest BCUT2D eigenvalue weighted by atomic mass is 16.3. The molecule has 0 heterocycles. The Morgan fingerprint density at radius 1 is 1.00 bits per heavy atom. The lowest BCUT2D eigenvalue weighted by molar-refractivity contribution is 0.0790. The Kier molecular flexibility index (Phi) is 2.96. The molecule has 1 heteroatoms. The van der Waals surface area contributed by atoms with E-state index in [2.05, 4.69) is 38.1 Å². The smallest absolute Gasteiger partial charge is 0.0849 e. The van der Waals surface area contributed by atoms with E-state index in [9.17, 15) is 5.11 Å². The summed E-state index contributed by atoms with van der Waals surface area (Å²) in [5.41, 5.74) is 1.49. The van der Waals surface area contributed by atoms with Gasteiger partial charge in [0.2, 0.25) is 0 Å². The van der Waals surface area contributed by atoms with E-state index in [1.54, 1.807) is 0 Å². The van der Waals surface area contributed by atoms with Crippen LogP contribution in [0.2, 0.25) is 0 Å². The topological polar surface area (TPSA) is 20.2 Å². The summed E-state index contributed by atoms with van der Waals surface area (Å²) in [6.07, 6.45) is 0. The molecule has 17 heavy (non-hydrogen) atoms. The minimum atomic E-state index is -0.805. The van der Waals surface area contributed by atoms with Crippen LogP contribution in [0.25, 0.3) is 10.8 Å². The molecule has 0 spiro atoms. The number of aliphatic hydroxyl groups is 1. The third-order valence-corrected chi connectivity index (χ3v) is 3.20. The quantitative estimate of drug-likeness (QED) is 0.817. The van der Waals surface area contributed by atoms with E-state index in [0.29, 0.717) is 5.92 Å². The number of rotatable bonds is 2. The average molecular weight is 228 g/mol. The Morgan fingerprint density at radius 2 is 1.65 bits per heavy atom. The fourth-order valence-electron chi connectivity index (χ4n) is 2.45. The Bertz CT molecular complexity index is 533. The van der Waals surface area contributed by atoms with Gasteiger partial charge in [-0.1, -0.05) is 50.2 Å². The summed E-state index contributed by atoms with van der Waals surface area (Å²) in [6, 6.07) is 12.5. The molecular formula is C16H20O. The summed E-state index contributed by atoms with van der Waals surface area (Å²) in [5.74, 6) is 0.418. The van der Waals surface area contributed by atoms with Crippen LogP contribution in [-0.2, 0) is 5.60 Å². The lowest BCUT2D eigenvalue weighted by atomic mass is 9.84. The van der Waals surface area contributed by atoms with Crippen molar-refractivity contribution in [3.05, 3.63) is 47.5 Å². The van der Waals surface area contributed by atoms with Crippen molar-refractivity contribution in [2.45, 2.75) is 39.2 Å². The average Bonchev–Trinajstić information content (AvgIpc) is 2.26. The summed E-state index contributed by atoms with van der Waals surface area (Å²) in [6.45, 7) is 8.06. The maximum absolute atomic E-state index is 10.4. The van der Waals surface area contributed by atoms with Crippen molar-refractivity contribution in [1.82, 2.24) is 0 Å². The van der Waals surface area contributed by atoms with Gasteiger partial charge in [0.25, 0.3) is 0 Å². The fraction of sp³-hybridized carbons (Fsp3) is 0.375. The third kappa shape index (κ3) is 2.20. The molecule has 0 aromatic heterocycles. The van der Waals surface area contributed by atoms with Gasteiger partial charge in [-0.25, -0.2) is 0 Å². The minimum absolute atomic E-state index is 0.418. The van der Waals surface area contributed by atoms with Gasteiger partial charge in [-0.15, -0.1) is 0 Å². The molecule has 1 nitrogen and oxygen atoms in total. The summed E-state index contributed by atoms with van der Waals surface area (Å²) < 4.78 is 0. The van der Waals surface area contributed by atoms with Crippen molar-refractivity contribution >= 4 is 10.8 Å². The second-order valence-corrected chi connectivity index (χ2v) is 5.46. The molecule has 0 saturated carbocycles. The standard InChI is InChI=1S/C16H20O/c1-11(2)13-10-9-12-7-5-6-8-14(12)15(13)16(3,4)17/h5-11,17H,1-4H3.